The fourth-order valence-corrected chi connectivity index (χ4v) is 3.08. The molecule has 0 saturated heterocycles. The van der Waals surface area contributed by atoms with E-state index in [0.29, 0.717) is 18.6 Å². The number of esters is 2. The largest absolute Gasteiger partial charge is 0.481 e. The van der Waals surface area contributed by atoms with E-state index in [0.717, 1.165) is 77.0 Å². The lowest BCUT2D eigenvalue weighted by Gasteiger charge is -2.25. The molecule has 0 aliphatic heterocycles. The maximum Gasteiger partial charge on any atom is 0.333 e. The molecule has 0 heterocycles. The Hall–Kier alpha value is -1.85. The Bertz CT molecular complexity index is 524. The first-order valence-electron chi connectivity index (χ1n) is 11.4. The minimum absolute atomic E-state index is 0.123. The van der Waals surface area contributed by atoms with Gasteiger partial charge < -0.3 is 14.6 Å². The molecule has 0 atom stereocenters. The van der Waals surface area contributed by atoms with Crippen molar-refractivity contribution < 1.29 is 29.0 Å². The van der Waals surface area contributed by atoms with E-state index in [1.165, 1.54) is 0 Å². The molecule has 174 valence electrons. The second-order valence-corrected chi connectivity index (χ2v) is 8.68. The molecule has 0 aromatic carbocycles. The fraction of sp³-hybridized carbons (Fsp3) is 0.792. The Kier molecular flexibility index (Phi) is 15.9. The number of unbranched alkanes of at least 4 members (excludes halogenated alkanes) is 9. The molecule has 0 aromatic rings. The smallest absolute Gasteiger partial charge is 0.333 e. The summed E-state index contributed by atoms with van der Waals surface area (Å²) in [7, 11) is 0. The van der Waals surface area contributed by atoms with E-state index in [4.69, 9.17) is 14.6 Å². The van der Waals surface area contributed by atoms with E-state index < -0.39 is 11.6 Å². The summed E-state index contributed by atoms with van der Waals surface area (Å²) in [6, 6.07) is 0. The van der Waals surface area contributed by atoms with E-state index in [1.807, 2.05) is 13.8 Å². The lowest BCUT2D eigenvalue weighted by molar-refractivity contribution is -0.152. The van der Waals surface area contributed by atoms with Gasteiger partial charge in [0, 0.05) is 18.4 Å². The number of aliphatic carboxylic acids is 1. The predicted octanol–water partition coefficient (Wildman–Crippen LogP) is 5.97. The molecule has 0 rings (SSSR count). The van der Waals surface area contributed by atoms with Gasteiger partial charge in [-0.15, -0.1) is 0 Å². The van der Waals surface area contributed by atoms with Crippen molar-refractivity contribution in [1.29, 1.82) is 0 Å². The first-order valence-corrected chi connectivity index (χ1v) is 11.4. The minimum atomic E-state index is -0.733. The van der Waals surface area contributed by atoms with E-state index in [2.05, 4.69) is 6.58 Å². The molecule has 30 heavy (non-hydrogen) atoms. The highest BCUT2D eigenvalue weighted by Crippen LogP contribution is 2.20. The lowest BCUT2D eigenvalue weighted by atomic mass is 9.99. The SMILES string of the molecule is C=C(C)C(=O)OC(C)(C)CCCCCCCOC(=O)CCCCCCCCC(=O)O. The predicted molar refractivity (Wildman–Crippen MR) is 118 cm³/mol. The van der Waals surface area contributed by atoms with Crippen molar-refractivity contribution in [3.63, 3.8) is 0 Å². The summed E-state index contributed by atoms with van der Waals surface area (Å²) in [5.41, 5.74) is -0.0464. The van der Waals surface area contributed by atoms with E-state index in [1.54, 1.807) is 6.92 Å². The highest BCUT2D eigenvalue weighted by molar-refractivity contribution is 5.87. The number of hydrogen-bond acceptors (Lipinski definition) is 5. The lowest BCUT2D eigenvalue weighted by Crippen LogP contribution is -2.28. The van der Waals surface area contributed by atoms with E-state index in [9.17, 15) is 14.4 Å². The van der Waals surface area contributed by atoms with Crippen LogP contribution in [0.4, 0.5) is 0 Å². The van der Waals surface area contributed by atoms with Gasteiger partial charge in [-0.05, 0) is 52.9 Å². The molecule has 1 N–H and O–H groups in total. The normalized spacial score (nSPS) is 11.2. The second kappa shape index (κ2) is 16.9. The Morgan fingerprint density at radius 3 is 1.87 bits per heavy atom. The number of carbonyl (C=O) groups excluding carboxylic acids is 2. The van der Waals surface area contributed by atoms with Crippen LogP contribution >= 0.6 is 0 Å². The number of carboxylic acid groups (broad SMARTS) is 1. The summed E-state index contributed by atoms with van der Waals surface area (Å²) in [5, 5.41) is 8.56. The number of carboxylic acids is 1. The molecule has 0 aromatic heterocycles. The first kappa shape index (κ1) is 28.1. The van der Waals surface area contributed by atoms with Gasteiger partial charge >= 0.3 is 17.9 Å². The zero-order valence-electron chi connectivity index (χ0n) is 19.3. The average molecular weight is 427 g/mol. The van der Waals surface area contributed by atoms with Gasteiger partial charge in [-0.25, -0.2) is 4.79 Å². The number of ether oxygens (including phenoxy) is 2. The van der Waals surface area contributed by atoms with Crippen LogP contribution in [0.15, 0.2) is 12.2 Å². The van der Waals surface area contributed by atoms with Crippen molar-refractivity contribution in [2.75, 3.05) is 6.61 Å². The number of carbonyl (C=O) groups is 3. The quantitative estimate of drug-likeness (QED) is 0.155. The maximum atomic E-state index is 11.7. The number of hydrogen-bond donors (Lipinski definition) is 1. The Labute approximate surface area is 182 Å². The molecule has 0 radical (unpaired) electrons. The Balaban J connectivity index is 3.47. The van der Waals surface area contributed by atoms with Gasteiger partial charge in [0.25, 0.3) is 0 Å². The molecule has 0 unspecified atom stereocenters. The molecule has 0 bridgehead atoms. The van der Waals surface area contributed by atoms with Gasteiger partial charge in [-0.1, -0.05) is 51.5 Å². The minimum Gasteiger partial charge on any atom is -0.481 e. The first-order chi connectivity index (χ1) is 14.1. The molecule has 0 aliphatic carbocycles. The fourth-order valence-electron chi connectivity index (χ4n) is 3.08. The van der Waals surface area contributed by atoms with Crippen molar-refractivity contribution in [3.8, 4) is 0 Å². The van der Waals surface area contributed by atoms with Crippen LogP contribution in [0.2, 0.25) is 0 Å². The molecule has 0 saturated carbocycles. The van der Waals surface area contributed by atoms with Crippen molar-refractivity contribution in [1.82, 2.24) is 0 Å². The third kappa shape index (κ3) is 18.2. The molecular formula is C24H42O6. The summed E-state index contributed by atoms with van der Waals surface area (Å²) in [6.07, 6.45) is 12.1. The van der Waals surface area contributed by atoms with Crippen molar-refractivity contribution in [3.05, 3.63) is 12.2 Å². The summed E-state index contributed by atoms with van der Waals surface area (Å²) >= 11 is 0. The Morgan fingerprint density at radius 2 is 1.30 bits per heavy atom. The van der Waals surface area contributed by atoms with Crippen LogP contribution in [-0.4, -0.2) is 35.2 Å². The van der Waals surface area contributed by atoms with Crippen LogP contribution in [-0.2, 0) is 23.9 Å². The van der Waals surface area contributed by atoms with Crippen molar-refractivity contribution >= 4 is 17.9 Å². The van der Waals surface area contributed by atoms with Crippen LogP contribution in [0.1, 0.15) is 111 Å². The van der Waals surface area contributed by atoms with Gasteiger partial charge in [0.05, 0.1) is 6.61 Å². The van der Waals surface area contributed by atoms with Crippen LogP contribution in [0.25, 0.3) is 0 Å². The van der Waals surface area contributed by atoms with Gasteiger partial charge in [-0.2, -0.15) is 0 Å². The van der Waals surface area contributed by atoms with Gasteiger partial charge in [0.15, 0.2) is 0 Å². The summed E-state index contributed by atoms with van der Waals surface area (Å²) < 4.78 is 10.7. The van der Waals surface area contributed by atoms with E-state index >= 15 is 0 Å². The third-order valence-electron chi connectivity index (χ3n) is 4.93. The molecule has 0 amide bonds. The molecular weight excluding hydrogens is 384 g/mol. The average Bonchev–Trinajstić information content (AvgIpc) is 2.65. The Morgan fingerprint density at radius 1 is 0.800 bits per heavy atom. The summed E-state index contributed by atoms with van der Waals surface area (Å²) in [5.74, 6) is -1.19. The topological polar surface area (TPSA) is 89.9 Å². The second-order valence-electron chi connectivity index (χ2n) is 8.68. The van der Waals surface area contributed by atoms with Crippen LogP contribution in [0, 0.1) is 0 Å². The standard InChI is InChI=1S/C24H42O6/c1-20(2)23(28)30-24(3,4)18-14-10-7-11-15-19-29-22(27)17-13-9-6-5-8-12-16-21(25)26/h1,5-19H2,2-4H3,(H,25,26). The third-order valence-corrected chi connectivity index (χ3v) is 4.93. The molecule has 0 spiro atoms. The molecule has 6 nitrogen and oxygen atoms in total. The van der Waals surface area contributed by atoms with Crippen molar-refractivity contribution in [2.45, 2.75) is 116 Å². The summed E-state index contributed by atoms with van der Waals surface area (Å²) in [4.78, 5) is 33.7. The highest BCUT2D eigenvalue weighted by atomic mass is 16.6. The zero-order chi connectivity index (χ0) is 22.8. The van der Waals surface area contributed by atoms with Gasteiger partial charge in [0.1, 0.15) is 5.60 Å². The summed E-state index contributed by atoms with van der Waals surface area (Å²) in [6.45, 7) is 9.58. The maximum absolute atomic E-state index is 11.7. The van der Waals surface area contributed by atoms with Crippen molar-refractivity contribution in [2.24, 2.45) is 0 Å². The van der Waals surface area contributed by atoms with Gasteiger partial charge in [-0.3, -0.25) is 9.59 Å². The molecule has 0 fully saturated rings. The van der Waals surface area contributed by atoms with Crippen LogP contribution in [0.3, 0.4) is 0 Å². The molecule has 6 heteroatoms. The highest BCUT2D eigenvalue weighted by Gasteiger charge is 2.22. The molecule has 0 aliphatic rings. The monoisotopic (exact) mass is 426 g/mol. The van der Waals surface area contributed by atoms with Gasteiger partial charge in [0.2, 0.25) is 0 Å². The van der Waals surface area contributed by atoms with E-state index in [-0.39, 0.29) is 18.4 Å². The van der Waals surface area contributed by atoms with Crippen LogP contribution in [0.5, 0.6) is 0 Å². The zero-order valence-corrected chi connectivity index (χ0v) is 19.3. The number of rotatable bonds is 19. The van der Waals surface area contributed by atoms with Crippen LogP contribution < -0.4 is 0 Å².